The molecule has 2 aromatic rings. The van der Waals surface area contributed by atoms with E-state index in [0.29, 0.717) is 10.7 Å². The van der Waals surface area contributed by atoms with Gasteiger partial charge in [-0.1, -0.05) is 29.3 Å². The van der Waals surface area contributed by atoms with Crippen molar-refractivity contribution in [1.29, 1.82) is 0 Å². The van der Waals surface area contributed by atoms with Crippen LogP contribution in [0.2, 0.25) is 5.02 Å². The quantitative estimate of drug-likeness (QED) is 0.742. The first-order valence-electron chi connectivity index (χ1n) is 7.59. The number of sulfonamides is 1. The van der Waals surface area contributed by atoms with Crippen LogP contribution in [0.4, 0.5) is 5.69 Å². The summed E-state index contributed by atoms with van der Waals surface area (Å²) in [5.41, 5.74) is 3.02. The van der Waals surface area contributed by atoms with E-state index in [4.69, 9.17) is 11.6 Å². The number of esters is 1. The van der Waals surface area contributed by atoms with Crippen LogP contribution in [-0.2, 0) is 19.6 Å². The van der Waals surface area contributed by atoms with Gasteiger partial charge < -0.3 is 4.74 Å². The Hall–Kier alpha value is -2.05. The smallest absolute Gasteiger partial charge is 0.326 e. The van der Waals surface area contributed by atoms with Crippen LogP contribution in [0, 0.1) is 20.8 Å². The molecule has 0 aliphatic rings. The van der Waals surface area contributed by atoms with Crippen molar-refractivity contribution in [2.45, 2.75) is 25.7 Å². The first-order valence-corrected chi connectivity index (χ1v) is 9.41. The molecule has 0 atom stereocenters. The van der Waals surface area contributed by atoms with Crippen LogP contribution in [0.1, 0.15) is 16.7 Å². The zero-order valence-electron chi connectivity index (χ0n) is 14.5. The summed E-state index contributed by atoms with van der Waals surface area (Å²) in [6, 6.07) is 9.59. The summed E-state index contributed by atoms with van der Waals surface area (Å²) in [4.78, 5) is 11.9. The van der Waals surface area contributed by atoms with Gasteiger partial charge in [-0.05, 0) is 56.2 Å². The van der Waals surface area contributed by atoms with Gasteiger partial charge in [0.2, 0.25) is 0 Å². The fourth-order valence-corrected chi connectivity index (χ4v) is 4.43. The lowest BCUT2D eigenvalue weighted by molar-refractivity contribution is -0.138. The second-order valence-corrected chi connectivity index (χ2v) is 8.09. The zero-order valence-corrected chi connectivity index (χ0v) is 16.1. The molecule has 0 bridgehead atoms. The van der Waals surface area contributed by atoms with Gasteiger partial charge in [-0.3, -0.25) is 9.10 Å². The Kier molecular flexibility index (Phi) is 5.75. The summed E-state index contributed by atoms with van der Waals surface area (Å²) in [6.07, 6.45) is 0. The summed E-state index contributed by atoms with van der Waals surface area (Å²) in [5.74, 6) is -0.642. The Bertz CT molecular complexity index is 869. The van der Waals surface area contributed by atoms with E-state index in [1.807, 2.05) is 32.9 Å². The highest BCUT2D eigenvalue weighted by Crippen LogP contribution is 2.31. The van der Waals surface area contributed by atoms with Crippen LogP contribution < -0.4 is 4.31 Å². The lowest BCUT2D eigenvalue weighted by atomic mass is 10.1. The second-order valence-electron chi connectivity index (χ2n) is 5.79. The van der Waals surface area contributed by atoms with Gasteiger partial charge in [0.25, 0.3) is 10.0 Å². The van der Waals surface area contributed by atoms with Crippen LogP contribution in [0.3, 0.4) is 0 Å². The van der Waals surface area contributed by atoms with Gasteiger partial charge in [-0.25, -0.2) is 8.42 Å². The molecule has 0 saturated carbocycles. The predicted octanol–water partition coefficient (Wildman–Crippen LogP) is 3.63. The van der Waals surface area contributed by atoms with E-state index >= 15 is 0 Å². The van der Waals surface area contributed by atoms with Gasteiger partial charge in [-0.15, -0.1) is 0 Å². The Balaban J connectivity index is 2.65. The number of rotatable bonds is 5. The highest BCUT2D eigenvalue weighted by Gasteiger charge is 2.29. The molecule has 0 aliphatic carbocycles. The summed E-state index contributed by atoms with van der Waals surface area (Å²) >= 11 is 5.85. The molecule has 25 heavy (non-hydrogen) atoms. The molecule has 134 valence electrons. The third-order valence-corrected chi connectivity index (χ3v) is 5.80. The van der Waals surface area contributed by atoms with Gasteiger partial charge in [-0.2, -0.15) is 0 Å². The van der Waals surface area contributed by atoms with Crippen molar-refractivity contribution in [1.82, 2.24) is 0 Å². The average molecular weight is 382 g/mol. The molecule has 2 aromatic carbocycles. The van der Waals surface area contributed by atoms with E-state index in [-0.39, 0.29) is 4.90 Å². The lowest BCUT2D eigenvalue weighted by Gasteiger charge is -2.27. The van der Waals surface area contributed by atoms with Gasteiger partial charge in [0, 0.05) is 5.02 Å². The Labute approximate surface area is 153 Å². The first kappa shape index (κ1) is 19.3. The number of carbonyl (C=O) groups is 1. The largest absolute Gasteiger partial charge is 0.468 e. The third-order valence-electron chi connectivity index (χ3n) is 3.79. The highest BCUT2D eigenvalue weighted by atomic mass is 35.5. The number of carbonyl (C=O) groups excluding carboxylic acids is 1. The van der Waals surface area contributed by atoms with Gasteiger partial charge in [0.1, 0.15) is 6.54 Å². The number of hydrogen-bond donors (Lipinski definition) is 0. The summed E-state index contributed by atoms with van der Waals surface area (Å²) in [5, 5.41) is 0.432. The average Bonchev–Trinajstić information content (AvgIpc) is 2.53. The summed E-state index contributed by atoms with van der Waals surface area (Å²) in [7, 11) is -2.73. The number of halogens is 1. The van der Waals surface area contributed by atoms with Crippen LogP contribution in [-0.4, -0.2) is 28.0 Å². The molecule has 0 unspecified atom stereocenters. The number of nitrogens with zero attached hydrogens (tertiary/aromatic N) is 1. The number of hydrogen-bond acceptors (Lipinski definition) is 4. The van der Waals surface area contributed by atoms with Crippen molar-refractivity contribution in [2.24, 2.45) is 0 Å². The van der Waals surface area contributed by atoms with Crippen LogP contribution >= 0.6 is 11.6 Å². The van der Waals surface area contributed by atoms with Crippen LogP contribution in [0.25, 0.3) is 0 Å². The Morgan fingerprint density at radius 2 is 1.60 bits per heavy atom. The number of benzene rings is 2. The second kappa shape index (κ2) is 7.45. The van der Waals surface area contributed by atoms with Crippen molar-refractivity contribution < 1.29 is 17.9 Å². The predicted molar refractivity (Wildman–Crippen MR) is 98.7 cm³/mol. The molecule has 0 saturated heterocycles. The minimum absolute atomic E-state index is 0.0557. The van der Waals surface area contributed by atoms with Crippen molar-refractivity contribution in [3.63, 3.8) is 0 Å². The molecule has 0 aromatic heterocycles. The van der Waals surface area contributed by atoms with Crippen LogP contribution in [0.5, 0.6) is 0 Å². The van der Waals surface area contributed by atoms with Gasteiger partial charge >= 0.3 is 5.97 Å². The maximum Gasteiger partial charge on any atom is 0.326 e. The Morgan fingerprint density at radius 3 is 2.08 bits per heavy atom. The molecule has 0 amide bonds. The Morgan fingerprint density at radius 1 is 1.08 bits per heavy atom. The highest BCUT2D eigenvalue weighted by molar-refractivity contribution is 7.92. The molecule has 0 spiro atoms. The fourth-order valence-electron chi connectivity index (χ4n) is 2.77. The summed E-state index contributed by atoms with van der Waals surface area (Å²) in [6.45, 7) is 5.16. The molecule has 0 N–H and O–H groups in total. The minimum Gasteiger partial charge on any atom is -0.468 e. The zero-order chi connectivity index (χ0) is 18.8. The minimum atomic E-state index is -3.96. The first-order chi connectivity index (χ1) is 11.7. The maximum absolute atomic E-state index is 13.2. The van der Waals surface area contributed by atoms with Crippen LogP contribution in [0.15, 0.2) is 41.3 Å². The molecular weight excluding hydrogens is 362 g/mol. The molecule has 0 heterocycles. The van der Waals surface area contributed by atoms with Gasteiger partial charge in [0.15, 0.2) is 0 Å². The van der Waals surface area contributed by atoms with Crippen molar-refractivity contribution in [2.75, 3.05) is 18.0 Å². The van der Waals surface area contributed by atoms with E-state index in [9.17, 15) is 13.2 Å². The number of anilines is 1. The van der Waals surface area contributed by atoms with Gasteiger partial charge in [0.05, 0.1) is 17.7 Å². The number of methoxy groups -OCH3 is 1. The molecule has 0 radical (unpaired) electrons. The molecule has 7 heteroatoms. The monoisotopic (exact) mass is 381 g/mol. The summed E-state index contributed by atoms with van der Waals surface area (Å²) < 4.78 is 32.1. The van der Waals surface area contributed by atoms with Crippen molar-refractivity contribution in [3.8, 4) is 0 Å². The SMILES string of the molecule is COC(=O)CN(c1c(C)cc(C)cc1C)S(=O)(=O)c1ccc(Cl)cc1. The number of ether oxygens (including phenoxy) is 1. The molecule has 2 rings (SSSR count). The molecule has 0 aliphatic heterocycles. The van der Waals surface area contributed by atoms with E-state index in [2.05, 4.69) is 4.74 Å². The fraction of sp³-hybridized carbons (Fsp3) is 0.278. The van der Waals surface area contributed by atoms with Crippen molar-refractivity contribution >= 4 is 33.3 Å². The topological polar surface area (TPSA) is 63.7 Å². The van der Waals surface area contributed by atoms with Crippen molar-refractivity contribution in [3.05, 3.63) is 58.1 Å². The standard InChI is InChI=1S/C18H20ClNO4S/c1-12-9-13(2)18(14(3)10-12)20(11-17(21)24-4)25(22,23)16-7-5-15(19)6-8-16/h5-10H,11H2,1-4H3. The normalized spacial score (nSPS) is 11.2. The molecule has 0 fully saturated rings. The molecule has 5 nitrogen and oxygen atoms in total. The van der Waals surface area contributed by atoms with E-state index < -0.39 is 22.5 Å². The lowest BCUT2D eigenvalue weighted by Crippen LogP contribution is -2.37. The van der Waals surface area contributed by atoms with E-state index in [1.165, 1.54) is 31.4 Å². The van der Waals surface area contributed by atoms with E-state index in [1.54, 1.807) is 0 Å². The van der Waals surface area contributed by atoms with E-state index in [0.717, 1.165) is 21.0 Å². The number of aryl methyl sites for hydroxylation is 3. The maximum atomic E-state index is 13.2. The molecular formula is C18H20ClNO4S. The third kappa shape index (κ3) is 4.14.